The molecule has 1 amide bonds. The van der Waals surface area contributed by atoms with Gasteiger partial charge in [0.25, 0.3) is 5.91 Å². The highest BCUT2D eigenvalue weighted by atomic mass is 32.1. The first-order chi connectivity index (χ1) is 10.3. The minimum atomic E-state index is -0.156. The predicted molar refractivity (Wildman–Crippen MR) is 85.9 cm³/mol. The third kappa shape index (κ3) is 2.08. The van der Waals surface area contributed by atoms with E-state index in [0.717, 1.165) is 26.8 Å². The van der Waals surface area contributed by atoms with Crippen molar-refractivity contribution in [1.29, 1.82) is 0 Å². The van der Waals surface area contributed by atoms with Crippen LogP contribution in [-0.4, -0.2) is 15.9 Å². The average molecular weight is 293 g/mol. The van der Waals surface area contributed by atoms with Gasteiger partial charge in [-0.1, -0.05) is 18.2 Å². The average Bonchev–Trinajstić information content (AvgIpc) is 3.09. The first-order valence-corrected chi connectivity index (χ1v) is 7.40. The third-order valence-corrected chi connectivity index (χ3v) is 4.23. The molecule has 1 aromatic carbocycles. The van der Waals surface area contributed by atoms with Gasteiger partial charge in [-0.25, -0.2) is 0 Å². The summed E-state index contributed by atoms with van der Waals surface area (Å²) in [5, 5.41) is 5.92. The molecule has 4 rings (SSSR count). The van der Waals surface area contributed by atoms with Crippen LogP contribution in [0.25, 0.3) is 21.1 Å². The molecule has 0 unspecified atom stereocenters. The van der Waals surface area contributed by atoms with Crippen molar-refractivity contribution in [3.63, 3.8) is 0 Å². The van der Waals surface area contributed by atoms with Gasteiger partial charge in [0, 0.05) is 11.6 Å². The van der Waals surface area contributed by atoms with Crippen LogP contribution in [0.1, 0.15) is 10.5 Å². The fraction of sp³-hybridized carbons (Fsp3) is 0. The molecule has 0 saturated carbocycles. The van der Waals surface area contributed by atoms with Crippen LogP contribution < -0.4 is 5.32 Å². The standard InChI is InChI=1S/C16H11N3OS/c20-16(13-9-14-11(18-13)6-8-21-14)19-12-5-1-3-10-4-2-7-17-15(10)12/h1-9,18H,(H,19,20). The zero-order chi connectivity index (χ0) is 14.2. The maximum absolute atomic E-state index is 12.4. The molecule has 4 nitrogen and oxygen atoms in total. The van der Waals surface area contributed by atoms with Crippen LogP contribution in [0.3, 0.4) is 0 Å². The minimum Gasteiger partial charge on any atom is -0.350 e. The van der Waals surface area contributed by atoms with Gasteiger partial charge in [0.05, 0.1) is 21.4 Å². The number of fused-ring (bicyclic) bond motifs is 2. The lowest BCUT2D eigenvalue weighted by molar-refractivity contribution is 0.102. The number of carbonyl (C=O) groups is 1. The summed E-state index contributed by atoms with van der Waals surface area (Å²) in [6.07, 6.45) is 1.72. The van der Waals surface area contributed by atoms with E-state index in [-0.39, 0.29) is 5.91 Å². The smallest absolute Gasteiger partial charge is 0.272 e. The Labute approximate surface area is 124 Å². The first-order valence-electron chi connectivity index (χ1n) is 6.52. The molecule has 5 heteroatoms. The Kier molecular flexibility index (Phi) is 2.72. The number of anilines is 1. The van der Waals surface area contributed by atoms with Crippen molar-refractivity contribution in [1.82, 2.24) is 9.97 Å². The Hall–Kier alpha value is -2.66. The van der Waals surface area contributed by atoms with Gasteiger partial charge in [0.2, 0.25) is 0 Å². The normalized spacial score (nSPS) is 11.0. The van der Waals surface area contributed by atoms with E-state index in [1.165, 1.54) is 0 Å². The quantitative estimate of drug-likeness (QED) is 0.586. The van der Waals surface area contributed by atoms with Crippen molar-refractivity contribution in [3.8, 4) is 0 Å². The summed E-state index contributed by atoms with van der Waals surface area (Å²) < 4.78 is 1.08. The van der Waals surface area contributed by atoms with E-state index in [2.05, 4.69) is 15.3 Å². The van der Waals surface area contributed by atoms with Gasteiger partial charge in [-0.3, -0.25) is 9.78 Å². The number of hydrogen-bond acceptors (Lipinski definition) is 3. The van der Waals surface area contributed by atoms with E-state index in [0.29, 0.717) is 5.69 Å². The molecule has 3 heterocycles. The van der Waals surface area contributed by atoms with Gasteiger partial charge in [-0.2, -0.15) is 0 Å². The van der Waals surface area contributed by atoms with Crippen LogP contribution in [-0.2, 0) is 0 Å². The van der Waals surface area contributed by atoms with Gasteiger partial charge in [0.1, 0.15) is 5.69 Å². The largest absolute Gasteiger partial charge is 0.350 e. The monoisotopic (exact) mass is 293 g/mol. The first kappa shape index (κ1) is 12.1. The second-order valence-electron chi connectivity index (χ2n) is 4.72. The van der Waals surface area contributed by atoms with Crippen LogP contribution in [0.15, 0.2) is 54.0 Å². The Bertz CT molecular complexity index is 920. The molecule has 0 aliphatic heterocycles. The molecule has 0 atom stereocenters. The fourth-order valence-corrected chi connectivity index (χ4v) is 3.15. The SMILES string of the molecule is O=C(Nc1cccc2cccnc12)c1cc2sccc2[nH]1. The number of para-hydroxylation sites is 1. The minimum absolute atomic E-state index is 0.156. The molecule has 0 aliphatic rings. The molecule has 2 N–H and O–H groups in total. The summed E-state index contributed by atoms with van der Waals surface area (Å²) >= 11 is 1.61. The lowest BCUT2D eigenvalue weighted by atomic mass is 10.2. The van der Waals surface area contributed by atoms with Crippen molar-refractivity contribution in [2.24, 2.45) is 0 Å². The zero-order valence-corrected chi connectivity index (χ0v) is 11.8. The summed E-state index contributed by atoms with van der Waals surface area (Å²) in [4.78, 5) is 19.8. The number of rotatable bonds is 2. The predicted octanol–water partition coefficient (Wildman–Crippen LogP) is 4.03. The number of thiophene rings is 1. The number of nitrogens with zero attached hydrogens (tertiary/aromatic N) is 1. The van der Waals surface area contributed by atoms with Crippen molar-refractivity contribution < 1.29 is 4.79 Å². The van der Waals surface area contributed by atoms with Crippen LogP contribution in [0.4, 0.5) is 5.69 Å². The van der Waals surface area contributed by atoms with E-state index in [1.54, 1.807) is 17.5 Å². The molecule has 102 valence electrons. The summed E-state index contributed by atoms with van der Waals surface area (Å²) in [5.41, 5.74) is 3.06. The molecule has 0 saturated heterocycles. The van der Waals surface area contributed by atoms with E-state index in [1.807, 2.05) is 47.8 Å². The van der Waals surface area contributed by atoms with Gasteiger partial charge >= 0.3 is 0 Å². The maximum atomic E-state index is 12.4. The summed E-state index contributed by atoms with van der Waals surface area (Å²) in [6.45, 7) is 0. The van der Waals surface area contributed by atoms with E-state index in [4.69, 9.17) is 0 Å². The lowest BCUT2D eigenvalue weighted by Gasteiger charge is -2.06. The number of hydrogen-bond donors (Lipinski definition) is 2. The number of H-pyrrole nitrogens is 1. The van der Waals surface area contributed by atoms with Gasteiger partial charge < -0.3 is 10.3 Å². The highest BCUT2D eigenvalue weighted by Gasteiger charge is 2.12. The second-order valence-corrected chi connectivity index (χ2v) is 5.66. The van der Waals surface area contributed by atoms with Gasteiger partial charge in [0.15, 0.2) is 0 Å². The molecule has 21 heavy (non-hydrogen) atoms. The van der Waals surface area contributed by atoms with Crippen molar-refractivity contribution in [3.05, 3.63) is 59.7 Å². The lowest BCUT2D eigenvalue weighted by Crippen LogP contribution is -2.12. The van der Waals surface area contributed by atoms with Crippen LogP contribution in [0.2, 0.25) is 0 Å². The van der Waals surface area contributed by atoms with Gasteiger partial charge in [-0.05, 0) is 29.6 Å². The molecule has 0 spiro atoms. The molecular formula is C16H11N3OS. The van der Waals surface area contributed by atoms with E-state index in [9.17, 15) is 4.79 Å². The number of pyridine rings is 1. The molecule has 0 fully saturated rings. The zero-order valence-electron chi connectivity index (χ0n) is 11.0. The number of aromatic nitrogens is 2. The number of benzene rings is 1. The molecule has 3 aromatic heterocycles. The summed E-state index contributed by atoms with van der Waals surface area (Å²) in [5.74, 6) is -0.156. The molecular weight excluding hydrogens is 282 g/mol. The van der Waals surface area contributed by atoms with Crippen LogP contribution >= 0.6 is 11.3 Å². The number of carbonyl (C=O) groups excluding carboxylic acids is 1. The van der Waals surface area contributed by atoms with E-state index < -0.39 is 0 Å². The highest BCUT2D eigenvalue weighted by Crippen LogP contribution is 2.24. The Morgan fingerprint density at radius 3 is 3.00 bits per heavy atom. The summed E-state index contributed by atoms with van der Waals surface area (Å²) in [6, 6.07) is 13.4. The summed E-state index contributed by atoms with van der Waals surface area (Å²) in [7, 11) is 0. The second kappa shape index (κ2) is 4.71. The molecule has 0 aliphatic carbocycles. The number of amides is 1. The Morgan fingerprint density at radius 1 is 1.19 bits per heavy atom. The topological polar surface area (TPSA) is 57.8 Å². The molecule has 0 bridgehead atoms. The van der Waals surface area contributed by atoms with Crippen LogP contribution in [0, 0.1) is 0 Å². The number of aromatic amines is 1. The van der Waals surface area contributed by atoms with E-state index >= 15 is 0 Å². The van der Waals surface area contributed by atoms with Crippen molar-refractivity contribution in [2.45, 2.75) is 0 Å². The van der Waals surface area contributed by atoms with Gasteiger partial charge in [-0.15, -0.1) is 11.3 Å². The Balaban J connectivity index is 1.71. The van der Waals surface area contributed by atoms with Crippen molar-refractivity contribution in [2.75, 3.05) is 5.32 Å². The van der Waals surface area contributed by atoms with Crippen LogP contribution in [0.5, 0.6) is 0 Å². The third-order valence-electron chi connectivity index (χ3n) is 3.37. The van der Waals surface area contributed by atoms with Crippen molar-refractivity contribution >= 4 is 44.1 Å². The highest BCUT2D eigenvalue weighted by molar-refractivity contribution is 7.17. The number of nitrogens with one attached hydrogen (secondary N) is 2. The molecule has 0 radical (unpaired) electrons. The Morgan fingerprint density at radius 2 is 2.10 bits per heavy atom. The molecule has 4 aromatic rings. The fourth-order valence-electron chi connectivity index (χ4n) is 2.37. The maximum Gasteiger partial charge on any atom is 0.272 e.